The molecule has 0 radical (unpaired) electrons. The molecule has 8 nitrogen and oxygen atoms in total. The van der Waals surface area contributed by atoms with Gasteiger partial charge in [0.25, 0.3) is 0 Å². The summed E-state index contributed by atoms with van der Waals surface area (Å²) in [5.41, 5.74) is 1.07. The third-order valence-electron chi connectivity index (χ3n) is 3.73. The van der Waals surface area contributed by atoms with Crippen molar-refractivity contribution in [1.82, 2.24) is 25.5 Å². The molecule has 1 saturated heterocycles. The van der Waals surface area contributed by atoms with Gasteiger partial charge in [0.15, 0.2) is 5.96 Å². The highest BCUT2D eigenvalue weighted by Gasteiger charge is 2.18. The van der Waals surface area contributed by atoms with E-state index < -0.39 is 0 Å². The van der Waals surface area contributed by atoms with E-state index in [1.165, 1.54) is 0 Å². The molecule has 1 aromatic heterocycles. The third kappa shape index (κ3) is 3.90. The molecular formula is C14H25N7O. The van der Waals surface area contributed by atoms with Crippen LogP contribution in [-0.2, 0) is 18.4 Å². The Kier molecular flexibility index (Phi) is 5.24. The number of aromatic nitrogens is 2. The number of nitrogens with one attached hydrogen (secondary N) is 3. The Hall–Kier alpha value is -2.25. The Morgan fingerprint density at radius 2 is 2.36 bits per heavy atom. The van der Waals surface area contributed by atoms with Gasteiger partial charge in [0.2, 0.25) is 11.9 Å². The molecule has 8 heteroatoms. The van der Waals surface area contributed by atoms with Gasteiger partial charge in [0.1, 0.15) is 0 Å². The quantitative estimate of drug-likeness (QED) is 0.512. The third-order valence-corrected chi connectivity index (χ3v) is 3.73. The summed E-state index contributed by atoms with van der Waals surface area (Å²) in [6.07, 6.45) is 3.24. The summed E-state index contributed by atoms with van der Waals surface area (Å²) < 4.78 is 2.04. The Morgan fingerprint density at radius 3 is 2.91 bits per heavy atom. The van der Waals surface area contributed by atoms with Crippen LogP contribution in [0.25, 0.3) is 0 Å². The first kappa shape index (κ1) is 16.1. The molecule has 3 N–H and O–H groups in total. The number of carbonyl (C=O) groups is 1. The molecule has 0 bridgehead atoms. The Balaban J connectivity index is 1.87. The molecule has 1 aromatic rings. The monoisotopic (exact) mass is 307 g/mol. The molecule has 0 spiro atoms. The predicted molar refractivity (Wildman–Crippen MR) is 86.9 cm³/mol. The number of imidazole rings is 1. The second-order valence-corrected chi connectivity index (χ2v) is 5.61. The Labute approximate surface area is 131 Å². The lowest BCUT2D eigenvalue weighted by Gasteiger charge is -2.25. The van der Waals surface area contributed by atoms with Gasteiger partial charge in [0.05, 0.1) is 18.4 Å². The molecule has 122 valence electrons. The molecule has 1 amide bonds. The van der Waals surface area contributed by atoms with Crippen molar-refractivity contribution in [2.75, 3.05) is 32.6 Å². The molecule has 1 atom stereocenters. The molecule has 1 fully saturated rings. The molecule has 0 aliphatic carbocycles. The second-order valence-electron chi connectivity index (χ2n) is 5.61. The number of rotatable bonds is 4. The largest absolute Gasteiger partial charge is 0.354 e. The summed E-state index contributed by atoms with van der Waals surface area (Å²) in [5.74, 6) is 1.76. The van der Waals surface area contributed by atoms with Crippen LogP contribution >= 0.6 is 0 Å². The summed E-state index contributed by atoms with van der Waals surface area (Å²) in [6, 6.07) is 0.216. The average molecular weight is 307 g/mol. The SMILES string of the molecule is CN=C(NCc1cnc(N(C)C)n1C)NC1CCC(=O)NC1. The maximum Gasteiger partial charge on any atom is 0.220 e. The average Bonchev–Trinajstić information content (AvgIpc) is 2.86. The van der Waals surface area contributed by atoms with Gasteiger partial charge in [-0.25, -0.2) is 4.98 Å². The summed E-state index contributed by atoms with van der Waals surface area (Å²) in [7, 11) is 7.67. The van der Waals surface area contributed by atoms with E-state index in [1.54, 1.807) is 7.05 Å². The van der Waals surface area contributed by atoms with E-state index in [-0.39, 0.29) is 11.9 Å². The lowest BCUT2D eigenvalue weighted by molar-refractivity contribution is -0.122. The fraction of sp³-hybridized carbons (Fsp3) is 0.643. The van der Waals surface area contributed by atoms with Gasteiger partial charge < -0.3 is 25.4 Å². The van der Waals surface area contributed by atoms with Crippen LogP contribution in [0.15, 0.2) is 11.2 Å². The smallest absolute Gasteiger partial charge is 0.220 e. The number of carbonyl (C=O) groups excluding carboxylic acids is 1. The number of hydrogen-bond donors (Lipinski definition) is 3. The van der Waals surface area contributed by atoms with Crippen molar-refractivity contribution in [2.45, 2.75) is 25.4 Å². The minimum absolute atomic E-state index is 0.118. The predicted octanol–water partition coefficient (Wildman–Crippen LogP) is -0.570. The zero-order valence-corrected chi connectivity index (χ0v) is 13.7. The van der Waals surface area contributed by atoms with Crippen molar-refractivity contribution >= 4 is 17.8 Å². The highest BCUT2D eigenvalue weighted by Crippen LogP contribution is 2.10. The van der Waals surface area contributed by atoms with Crippen LogP contribution in [0.4, 0.5) is 5.95 Å². The normalized spacial score (nSPS) is 18.8. The summed E-state index contributed by atoms with van der Waals surface area (Å²) in [5, 5.41) is 9.47. The zero-order valence-electron chi connectivity index (χ0n) is 13.7. The number of guanidine groups is 1. The molecule has 22 heavy (non-hydrogen) atoms. The molecule has 1 aliphatic rings. The van der Waals surface area contributed by atoms with Crippen LogP contribution in [-0.4, -0.2) is 55.1 Å². The van der Waals surface area contributed by atoms with Crippen LogP contribution in [0.2, 0.25) is 0 Å². The zero-order chi connectivity index (χ0) is 16.1. The first-order valence-electron chi connectivity index (χ1n) is 7.43. The Morgan fingerprint density at radius 1 is 1.59 bits per heavy atom. The van der Waals surface area contributed by atoms with Crippen molar-refractivity contribution in [1.29, 1.82) is 0 Å². The number of hydrogen-bond acceptors (Lipinski definition) is 4. The van der Waals surface area contributed by atoms with Crippen molar-refractivity contribution in [3.05, 3.63) is 11.9 Å². The summed E-state index contributed by atoms with van der Waals surface area (Å²) in [4.78, 5) is 21.8. The Bertz CT molecular complexity index is 539. The lowest BCUT2D eigenvalue weighted by atomic mass is 10.1. The van der Waals surface area contributed by atoms with Crippen LogP contribution in [0, 0.1) is 0 Å². The van der Waals surface area contributed by atoms with Crippen molar-refractivity contribution in [3.8, 4) is 0 Å². The first-order valence-corrected chi connectivity index (χ1v) is 7.43. The van der Waals surface area contributed by atoms with Crippen LogP contribution in [0.1, 0.15) is 18.5 Å². The van der Waals surface area contributed by atoms with Gasteiger partial charge in [-0.2, -0.15) is 0 Å². The van der Waals surface area contributed by atoms with Gasteiger partial charge in [0, 0.05) is 47.2 Å². The van der Waals surface area contributed by atoms with Crippen LogP contribution in [0.5, 0.6) is 0 Å². The van der Waals surface area contributed by atoms with Gasteiger partial charge in [-0.3, -0.25) is 9.79 Å². The number of anilines is 1. The van der Waals surface area contributed by atoms with Crippen molar-refractivity contribution in [2.24, 2.45) is 12.0 Å². The molecule has 0 aromatic carbocycles. The second kappa shape index (κ2) is 7.15. The number of piperidine rings is 1. The maximum absolute atomic E-state index is 11.2. The number of amides is 1. The van der Waals surface area contributed by atoms with E-state index in [2.05, 4.69) is 25.9 Å². The van der Waals surface area contributed by atoms with Crippen molar-refractivity contribution in [3.63, 3.8) is 0 Å². The molecular weight excluding hydrogens is 282 g/mol. The minimum Gasteiger partial charge on any atom is -0.354 e. The van der Waals surface area contributed by atoms with E-state index in [0.717, 1.165) is 24.0 Å². The van der Waals surface area contributed by atoms with Crippen LogP contribution < -0.4 is 20.9 Å². The standard InChI is InChI=1S/C14H25N7O/c1-15-13(19-10-5-6-12(22)16-7-10)17-8-11-9-18-14(20(2)3)21(11)4/h9-10H,5-8H2,1-4H3,(H,16,22)(H2,15,17,19). The van der Waals surface area contributed by atoms with E-state index in [9.17, 15) is 4.79 Å². The maximum atomic E-state index is 11.2. The number of aliphatic imine (C=N–C) groups is 1. The molecule has 0 saturated carbocycles. The summed E-state index contributed by atoms with van der Waals surface area (Å²) in [6.45, 7) is 1.27. The van der Waals surface area contributed by atoms with E-state index in [0.29, 0.717) is 19.5 Å². The molecule has 1 unspecified atom stereocenters. The summed E-state index contributed by atoms with van der Waals surface area (Å²) >= 11 is 0. The fourth-order valence-corrected chi connectivity index (χ4v) is 2.43. The van der Waals surface area contributed by atoms with Crippen molar-refractivity contribution < 1.29 is 4.79 Å². The molecule has 2 rings (SSSR count). The first-order chi connectivity index (χ1) is 10.5. The lowest BCUT2D eigenvalue weighted by Crippen LogP contribution is -2.51. The van der Waals surface area contributed by atoms with E-state index >= 15 is 0 Å². The van der Waals surface area contributed by atoms with E-state index in [1.807, 2.05) is 36.8 Å². The number of nitrogens with zero attached hydrogens (tertiary/aromatic N) is 4. The molecule has 2 heterocycles. The van der Waals surface area contributed by atoms with Gasteiger partial charge in [-0.15, -0.1) is 0 Å². The highest BCUT2D eigenvalue weighted by atomic mass is 16.1. The van der Waals surface area contributed by atoms with Gasteiger partial charge in [-0.1, -0.05) is 0 Å². The minimum atomic E-state index is 0.118. The van der Waals surface area contributed by atoms with Gasteiger partial charge in [-0.05, 0) is 6.42 Å². The highest BCUT2D eigenvalue weighted by molar-refractivity contribution is 5.81. The topological polar surface area (TPSA) is 86.6 Å². The van der Waals surface area contributed by atoms with Crippen LogP contribution in [0.3, 0.4) is 0 Å². The molecule has 1 aliphatic heterocycles. The van der Waals surface area contributed by atoms with E-state index in [4.69, 9.17) is 0 Å². The fourth-order valence-electron chi connectivity index (χ4n) is 2.43. The van der Waals surface area contributed by atoms with Gasteiger partial charge >= 0.3 is 0 Å².